The smallest absolute Gasteiger partial charge is 0.259 e. The Balaban J connectivity index is 1.27. The minimum absolute atomic E-state index is 0.0755. The topological polar surface area (TPSA) is 46.4 Å². The van der Waals surface area contributed by atoms with Crippen molar-refractivity contribution in [3.05, 3.63) is 130 Å². The average molecular weight is 596 g/mol. The van der Waals surface area contributed by atoms with E-state index in [2.05, 4.69) is 104 Å². The van der Waals surface area contributed by atoms with Crippen LogP contribution in [0.25, 0.3) is 21.7 Å². The first-order valence-corrected chi connectivity index (χ1v) is 16.3. The molecule has 0 radical (unpaired) electrons. The van der Waals surface area contributed by atoms with Crippen LogP contribution in [0.1, 0.15) is 59.1 Å². The highest BCUT2D eigenvalue weighted by Crippen LogP contribution is 2.45. The number of aliphatic imine (C=N–C) groups is 1. The van der Waals surface area contributed by atoms with Crippen LogP contribution in [0.5, 0.6) is 0 Å². The third-order valence-corrected chi connectivity index (χ3v) is 10.3. The van der Waals surface area contributed by atoms with Crippen molar-refractivity contribution in [3.63, 3.8) is 0 Å². The van der Waals surface area contributed by atoms with Crippen LogP contribution in [0.15, 0.2) is 108 Å². The Morgan fingerprint density at radius 2 is 1.66 bits per heavy atom. The molecule has 5 heteroatoms. The normalized spacial score (nSPS) is 15.2. The second-order valence-electron chi connectivity index (χ2n) is 12.9. The Labute approximate surface area is 263 Å². The molecule has 0 fully saturated rings. The first-order valence-electron chi connectivity index (χ1n) is 15.4. The fourth-order valence-corrected chi connectivity index (χ4v) is 7.87. The van der Waals surface area contributed by atoms with Gasteiger partial charge in [0.25, 0.3) is 5.91 Å². The van der Waals surface area contributed by atoms with Gasteiger partial charge in [-0.15, -0.1) is 11.3 Å². The summed E-state index contributed by atoms with van der Waals surface area (Å²) in [4.78, 5) is 20.2. The molecule has 0 aliphatic heterocycles. The molecule has 0 bridgehead atoms. The number of para-hydroxylation sites is 2. The molecule has 2 aromatic heterocycles. The molecule has 2 heterocycles. The van der Waals surface area contributed by atoms with Gasteiger partial charge in [0.1, 0.15) is 5.00 Å². The zero-order valence-corrected chi connectivity index (χ0v) is 26.3. The maximum absolute atomic E-state index is 13.8. The van der Waals surface area contributed by atoms with E-state index in [4.69, 9.17) is 4.99 Å². The van der Waals surface area contributed by atoms with Crippen molar-refractivity contribution in [1.82, 2.24) is 4.57 Å². The average Bonchev–Trinajstić information content (AvgIpc) is 3.58. The zero-order chi connectivity index (χ0) is 30.3. The number of anilines is 1. The lowest BCUT2D eigenvalue weighted by Gasteiger charge is -2.33. The Kier molecular flexibility index (Phi) is 7.43. The Hall–Kier alpha value is -4.48. The van der Waals surface area contributed by atoms with E-state index in [9.17, 15) is 4.79 Å². The molecule has 1 aliphatic rings. The largest absolute Gasteiger partial charge is 0.342 e. The summed E-state index contributed by atoms with van der Waals surface area (Å²) in [5.74, 6) is 0.510. The fraction of sp³-hybridized carbons (Fsp3) is 0.231. The monoisotopic (exact) mass is 595 g/mol. The van der Waals surface area contributed by atoms with E-state index in [1.807, 2.05) is 36.5 Å². The minimum Gasteiger partial charge on any atom is -0.342 e. The summed E-state index contributed by atoms with van der Waals surface area (Å²) >= 11 is 1.69. The molecule has 6 aromatic rings. The molecule has 1 atom stereocenters. The van der Waals surface area contributed by atoms with Crippen LogP contribution < -0.4 is 5.32 Å². The van der Waals surface area contributed by atoms with E-state index in [1.165, 1.54) is 32.3 Å². The third kappa shape index (κ3) is 5.48. The number of hydrogen-bond donors (Lipinski definition) is 1. The molecule has 0 spiro atoms. The quantitative estimate of drug-likeness (QED) is 0.191. The summed E-state index contributed by atoms with van der Waals surface area (Å²) < 4.78 is 2.31. The van der Waals surface area contributed by atoms with Crippen molar-refractivity contribution in [2.24, 2.45) is 16.3 Å². The summed E-state index contributed by atoms with van der Waals surface area (Å²) in [6.07, 6.45) is 7.15. The molecule has 1 aliphatic carbocycles. The van der Waals surface area contributed by atoms with E-state index < -0.39 is 0 Å². The number of rotatable bonds is 6. The molecule has 1 amide bonds. The van der Waals surface area contributed by atoms with Crippen molar-refractivity contribution in [2.75, 3.05) is 5.32 Å². The predicted molar refractivity (Wildman–Crippen MR) is 186 cm³/mol. The number of fused-ring (bicyclic) bond motifs is 3. The SMILES string of the molecule is CC(C)(C)[C@H]1CCc2c(sc(N=Cc3cn(Cc4cccc5ccccc45)c4ccccc34)c2C(=O)Nc2ccccc2)C1. The van der Waals surface area contributed by atoms with Gasteiger partial charge in [0.15, 0.2) is 0 Å². The van der Waals surface area contributed by atoms with Gasteiger partial charge in [-0.3, -0.25) is 4.79 Å². The lowest BCUT2D eigenvalue weighted by atomic mass is 9.72. The van der Waals surface area contributed by atoms with Crippen molar-refractivity contribution < 1.29 is 4.79 Å². The standard InChI is InChI=1S/C39H37N3OS/c1-39(2,3)29-20-21-33-35(22-29)44-38(36(33)37(43)41-30-15-5-4-6-16-30)40-23-28-25-42(34-19-10-9-18-32(28)34)24-27-14-11-13-26-12-7-8-17-31(26)27/h4-19,23,25,29H,20-22,24H2,1-3H3,(H,41,43)/t29-/m0/s1. The lowest BCUT2D eigenvalue weighted by Crippen LogP contribution is -2.27. The van der Waals surface area contributed by atoms with Crippen LogP contribution in [-0.2, 0) is 19.4 Å². The fourth-order valence-electron chi connectivity index (χ4n) is 6.60. The van der Waals surface area contributed by atoms with E-state index in [-0.39, 0.29) is 11.3 Å². The van der Waals surface area contributed by atoms with E-state index in [0.717, 1.165) is 53.0 Å². The molecule has 4 aromatic carbocycles. The van der Waals surface area contributed by atoms with Gasteiger partial charge in [0.05, 0.1) is 5.56 Å². The molecule has 0 unspecified atom stereocenters. The molecular weight excluding hydrogens is 559 g/mol. The number of aromatic nitrogens is 1. The first-order chi connectivity index (χ1) is 21.3. The van der Waals surface area contributed by atoms with Crippen LogP contribution in [0.2, 0.25) is 0 Å². The highest BCUT2D eigenvalue weighted by Gasteiger charge is 2.33. The number of amides is 1. The number of carbonyl (C=O) groups is 1. The third-order valence-electron chi connectivity index (χ3n) is 9.09. The highest BCUT2D eigenvalue weighted by atomic mass is 32.1. The van der Waals surface area contributed by atoms with Crippen molar-refractivity contribution in [2.45, 2.75) is 46.6 Å². The number of carbonyl (C=O) groups excluding carboxylic acids is 1. The first kappa shape index (κ1) is 28.3. The second-order valence-corrected chi connectivity index (χ2v) is 14.0. The Morgan fingerprint density at radius 1 is 0.932 bits per heavy atom. The molecule has 220 valence electrons. The van der Waals surface area contributed by atoms with Gasteiger partial charge in [-0.2, -0.15) is 0 Å². The van der Waals surface area contributed by atoms with Crippen LogP contribution in [0, 0.1) is 11.3 Å². The second kappa shape index (κ2) is 11.5. The van der Waals surface area contributed by atoms with Gasteiger partial charge in [0, 0.05) is 46.0 Å². The molecule has 7 rings (SSSR count). The minimum atomic E-state index is -0.0755. The molecule has 0 saturated carbocycles. The van der Waals surface area contributed by atoms with Crippen LogP contribution in [0.4, 0.5) is 10.7 Å². The molecule has 4 nitrogen and oxygen atoms in total. The van der Waals surface area contributed by atoms with Gasteiger partial charge < -0.3 is 9.88 Å². The van der Waals surface area contributed by atoms with Crippen molar-refractivity contribution in [3.8, 4) is 0 Å². The van der Waals surface area contributed by atoms with Gasteiger partial charge in [-0.25, -0.2) is 4.99 Å². The Bertz CT molecular complexity index is 2000. The van der Waals surface area contributed by atoms with E-state index >= 15 is 0 Å². The number of benzene rings is 4. The highest BCUT2D eigenvalue weighted by molar-refractivity contribution is 7.16. The van der Waals surface area contributed by atoms with E-state index in [0.29, 0.717) is 5.92 Å². The summed E-state index contributed by atoms with van der Waals surface area (Å²) in [5, 5.41) is 7.61. The maximum atomic E-state index is 13.8. The number of nitrogens with one attached hydrogen (secondary N) is 1. The molecular formula is C39H37N3OS. The summed E-state index contributed by atoms with van der Waals surface area (Å²) in [7, 11) is 0. The zero-order valence-electron chi connectivity index (χ0n) is 25.5. The van der Waals surface area contributed by atoms with Crippen LogP contribution >= 0.6 is 11.3 Å². The molecule has 0 saturated heterocycles. The molecule has 44 heavy (non-hydrogen) atoms. The van der Waals surface area contributed by atoms with Crippen LogP contribution in [-0.4, -0.2) is 16.7 Å². The number of nitrogens with zero attached hydrogens (tertiary/aromatic N) is 2. The lowest BCUT2D eigenvalue weighted by molar-refractivity contribution is 0.102. The summed E-state index contributed by atoms with van der Waals surface area (Å²) in [5.41, 5.74) is 6.44. The van der Waals surface area contributed by atoms with Gasteiger partial charge >= 0.3 is 0 Å². The van der Waals surface area contributed by atoms with Gasteiger partial charge in [-0.05, 0) is 70.7 Å². The van der Waals surface area contributed by atoms with Crippen molar-refractivity contribution in [1.29, 1.82) is 0 Å². The number of thiophene rings is 1. The van der Waals surface area contributed by atoms with Crippen LogP contribution in [0.3, 0.4) is 0 Å². The van der Waals surface area contributed by atoms with Gasteiger partial charge in [0.2, 0.25) is 0 Å². The molecule has 1 N–H and O–H groups in total. The predicted octanol–water partition coefficient (Wildman–Crippen LogP) is 10.1. The maximum Gasteiger partial charge on any atom is 0.259 e. The number of hydrogen-bond acceptors (Lipinski definition) is 3. The van der Waals surface area contributed by atoms with Gasteiger partial charge in [-0.1, -0.05) is 99.6 Å². The van der Waals surface area contributed by atoms with E-state index in [1.54, 1.807) is 11.3 Å². The Morgan fingerprint density at radius 3 is 2.48 bits per heavy atom. The van der Waals surface area contributed by atoms with Crippen molar-refractivity contribution >= 4 is 55.8 Å². The summed E-state index contributed by atoms with van der Waals surface area (Å²) in [6, 6.07) is 33.3. The summed E-state index contributed by atoms with van der Waals surface area (Å²) in [6.45, 7) is 7.74.